The van der Waals surface area contributed by atoms with Crippen LogP contribution in [0.1, 0.15) is 27.8 Å². The van der Waals surface area contributed by atoms with Gasteiger partial charge in [-0.15, -0.1) is 0 Å². The summed E-state index contributed by atoms with van der Waals surface area (Å²) in [5, 5.41) is 3.44. The number of fused-ring (bicyclic) bond motifs is 1. The Labute approximate surface area is 168 Å². The van der Waals surface area contributed by atoms with Crippen LogP contribution < -0.4 is 19.5 Å². The summed E-state index contributed by atoms with van der Waals surface area (Å²) in [5.41, 5.74) is 2.31. The van der Waals surface area contributed by atoms with Crippen molar-refractivity contribution in [3.05, 3.63) is 71.7 Å². The SMILES string of the molecule is COc1cc(NC2c3ccccc3C(=O)N2Cc2ccco2)cc(OC)c1OC. The second kappa shape index (κ2) is 7.79. The Kier molecular flexibility index (Phi) is 5.03. The van der Waals surface area contributed by atoms with E-state index < -0.39 is 0 Å². The summed E-state index contributed by atoms with van der Waals surface area (Å²) in [6.07, 6.45) is 1.23. The molecule has 1 unspecified atom stereocenters. The lowest BCUT2D eigenvalue weighted by Gasteiger charge is -2.27. The molecule has 0 spiro atoms. The Morgan fingerprint density at radius 3 is 2.34 bits per heavy atom. The first-order chi connectivity index (χ1) is 14.2. The van der Waals surface area contributed by atoms with Crippen molar-refractivity contribution < 1.29 is 23.4 Å². The van der Waals surface area contributed by atoms with E-state index >= 15 is 0 Å². The standard InChI is InChI=1S/C22H22N2O5/c1-26-18-11-14(12-19(27-2)20(18)28-3)23-21-16-8-4-5-9-17(16)22(25)24(21)13-15-7-6-10-29-15/h4-12,21,23H,13H2,1-3H3. The normalized spacial score (nSPS) is 15.2. The number of rotatable bonds is 7. The van der Waals surface area contributed by atoms with E-state index in [2.05, 4.69) is 5.32 Å². The molecule has 1 aliphatic heterocycles. The first-order valence-electron chi connectivity index (χ1n) is 9.15. The Morgan fingerprint density at radius 2 is 1.72 bits per heavy atom. The van der Waals surface area contributed by atoms with Gasteiger partial charge in [0.25, 0.3) is 5.91 Å². The molecular formula is C22H22N2O5. The maximum atomic E-state index is 13.0. The van der Waals surface area contributed by atoms with E-state index in [0.717, 1.165) is 11.3 Å². The van der Waals surface area contributed by atoms with Gasteiger partial charge in [0, 0.05) is 28.9 Å². The van der Waals surface area contributed by atoms with Gasteiger partial charge in [-0.2, -0.15) is 0 Å². The molecule has 0 saturated heterocycles. The van der Waals surface area contributed by atoms with E-state index in [1.807, 2.05) is 48.5 Å². The molecule has 0 aliphatic carbocycles. The van der Waals surface area contributed by atoms with Crippen molar-refractivity contribution in [3.8, 4) is 17.2 Å². The fraction of sp³-hybridized carbons (Fsp3) is 0.227. The number of amides is 1. The van der Waals surface area contributed by atoms with Crippen LogP contribution in [0.3, 0.4) is 0 Å². The van der Waals surface area contributed by atoms with Crippen LogP contribution in [-0.2, 0) is 6.54 Å². The Morgan fingerprint density at radius 1 is 1.00 bits per heavy atom. The molecule has 1 aliphatic rings. The van der Waals surface area contributed by atoms with Crippen molar-refractivity contribution in [1.29, 1.82) is 0 Å². The van der Waals surface area contributed by atoms with Gasteiger partial charge in [0.1, 0.15) is 11.9 Å². The number of hydrogen-bond donors (Lipinski definition) is 1. The number of ether oxygens (including phenoxy) is 3. The summed E-state index contributed by atoms with van der Waals surface area (Å²) in [5.74, 6) is 2.23. The predicted octanol–water partition coefficient (Wildman–Crippen LogP) is 4.07. The number of nitrogens with one attached hydrogen (secondary N) is 1. The van der Waals surface area contributed by atoms with Crippen LogP contribution in [0.15, 0.2) is 59.2 Å². The van der Waals surface area contributed by atoms with Gasteiger partial charge < -0.3 is 28.8 Å². The Balaban J connectivity index is 1.72. The number of methoxy groups -OCH3 is 3. The maximum Gasteiger partial charge on any atom is 0.256 e. The lowest BCUT2D eigenvalue weighted by Crippen LogP contribution is -2.31. The molecule has 3 aromatic rings. The number of nitrogens with zero attached hydrogens (tertiary/aromatic N) is 1. The summed E-state index contributed by atoms with van der Waals surface area (Å²) >= 11 is 0. The van der Waals surface area contributed by atoms with E-state index in [4.69, 9.17) is 18.6 Å². The molecule has 7 heteroatoms. The topological polar surface area (TPSA) is 73.2 Å². The van der Waals surface area contributed by atoms with Gasteiger partial charge in [-0.25, -0.2) is 0 Å². The van der Waals surface area contributed by atoms with E-state index in [0.29, 0.717) is 35.1 Å². The molecule has 1 amide bonds. The van der Waals surface area contributed by atoms with Gasteiger partial charge in [-0.3, -0.25) is 4.79 Å². The first-order valence-corrected chi connectivity index (χ1v) is 9.15. The summed E-state index contributed by atoms with van der Waals surface area (Å²) < 4.78 is 21.8. The van der Waals surface area contributed by atoms with Crippen molar-refractivity contribution in [3.63, 3.8) is 0 Å². The fourth-order valence-corrected chi connectivity index (χ4v) is 3.58. The van der Waals surface area contributed by atoms with Gasteiger partial charge in [-0.1, -0.05) is 18.2 Å². The van der Waals surface area contributed by atoms with Crippen LogP contribution in [0.5, 0.6) is 17.2 Å². The van der Waals surface area contributed by atoms with Gasteiger partial charge in [0.15, 0.2) is 11.5 Å². The molecule has 0 bridgehead atoms. The molecule has 150 valence electrons. The summed E-state index contributed by atoms with van der Waals surface area (Å²) in [7, 11) is 4.70. The smallest absolute Gasteiger partial charge is 0.256 e. The van der Waals surface area contributed by atoms with E-state index in [-0.39, 0.29) is 12.1 Å². The lowest BCUT2D eigenvalue weighted by molar-refractivity contribution is 0.0715. The highest BCUT2D eigenvalue weighted by molar-refractivity contribution is 5.99. The quantitative estimate of drug-likeness (QED) is 0.651. The number of benzene rings is 2. The molecule has 0 radical (unpaired) electrons. The van der Waals surface area contributed by atoms with Crippen LogP contribution in [0.4, 0.5) is 5.69 Å². The van der Waals surface area contributed by atoms with Crippen molar-refractivity contribution >= 4 is 11.6 Å². The molecule has 0 fully saturated rings. The van der Waals surface area contributed by atoms with Gasteiger partial charge in [0.2, 0.25) is 5.75 Å². The van der Waals surface area contributed by atoms with Crippen LogP contribution in [0, 0.1) is 0 Å². The third-order valence-electron chi connectivity index (χ3n) is 4.93. The minimum atomic E-state index is -0.369. The molecular weight excluding hydrogens is 372 g/mol. The molecule has 2 aromatic carbocycles. The molecule has 7 nitrogen and oxygen atoms in total. The van der Waals surface area contributed by atoms with E-state index in [1.165, 1.54) is 0 Å². The predicted molar refractivity (Wildman–Crippen MR) is 107 cm³/mol. The molecule has 4 rings (SSSR count). The average molecular weight is 394 g/mol. The highest BCUT2D eigenvalue weighted by Gasteiger charge is 2.37. The number of anilines is 1. The highest BCUT2D eigenvalue weighted by Crippen LogP contribution is 2.42. The number of carbonyl (C=O) groups is 1. The number of carbonyl (C=O) groups excluding carboxylic acids is 1. The Bertz CT molecular complexity index is 991. The minimum Gasteiger partial charge on any atom is -0.493 e. The molecule has 2 heterocycles. The number of hydrogen-bond acceptors (Lipinski definition) is 6. The van der Waals surface area contributed by atoms with Gasteiger partial charge in [-0.05, 0) is 18.2 Å². The van der Waals surface area contributed by atoms with Crippen LogP contribution in [-0.4, -0.2) is 32.1 Å². The summed E-state index contributed by atoms with van der Waals surface area (Å²) in [6.45, 7) is 0.350. The van der Waals surface area contributed by atoms with Crippen LogP contribution in [0.25, 0.3) is 0 Å². The third-order valence-corrected chi connectivity index (χ3v) is 4.93. The summed E-state index contributed by atoms with van der Waals surface area (Å²) in [4.78, 5) is 14.8. The van der Waals surface area contributed by atoms with Gasteiger partial charge >= 0.3 is 0 Å². The molecule has 1 N–H and O–H groups in total. The molecule has 29 heavy (non-hydrogen) atoms. The zero-order valence-corrected chi connectivity index (χ0v) is 16.5. The van der Waals surface area contributed by atoms with Crippen molar-refractivity contribution in [2.45, 2.75) is 12.7 Å². The zero-order chi connectivity index (χ0) is 20.4. The van der Waals surface area contributed by atoms with Crippen molar-refractivity contribution in [2.24, 2.45) is 0 Å². The molecule has 0 saturated carbocycles. The largest absolute Gasteiger partial charge is 0.493 e. The third kappa shape index (κ3) is 3.35. The minimum absolute atomic E-state index is 0.0538. The second-order valence-electron chi connectivity index (χ2n) is 6.56. The monoisotopic (exact) mass is 394 g/mol. The first kappa shape index (κ1) is 18.7. The highest BCUT2D eigenvalue weighted by atomic mass is 16.5. The van der Waals surface area contributed by atoms with E-state index in [9.17, 15) is 4.79 Å². The second-order valence-corrected chi connectivity index (χ2v) is 6.56. The van der Waals surface area contributed by atoms with E-state index in [1.54, 1.807) is 32.5 Å². The van der Waals surface area contributed by atoms with Crippen molar-refractivity contribution in [1.82, 2.24) is 4.90 Å². The zero-order valence-electron chi connectivity index (χ0n) is 16.5. The fourth-order valence-electron chi connectivity index (χ4n) is 3.58. The average Bonchev–Trinajstić information content (AvgIpc) is 3.36. The van der Waals surface area contributed by atoms with Crippen molar-refractivity contribution in [2.75, 3.05) is 26.6 Å². The number of furan rings is 1. The Hall–Kier alpha value is -3.61. The lowest BCUT2D eigenvalue weighted by atomic mass is 10.1. The van der Waals surface area contributed by atoms with Gasteiger partial charge in [0.05, 0.1) is 34.1 Å². The molecule has 1 atom stereocenters. The summed E-state index contributed by atoms with van der Waals surface area (Å²) in [6, 6.07) is 14.9. The molecule has 1 aromatic heterocycles. The van der Waals surface area contributed by atoms with Crippen LogP contribution in [0.2, 0.25) is 0 Å². The maximum absolute atomic E-state index is 13.0. The van der Waals surface area contributed by atoms with Crippen LogP contribution >= 0.6 is 0 Å².